The molecule has 3 atom stereocenters. The van der Waals surface area contributed by atoms with Gasteiger partial charge in [-0.1, -0.05) is 59.1 Å². The lowest BCUT2D eigenvalue weighted by Gasteiger charge is -2.33. The topological polar surface area (TPSA) is 0 Å². The fraction of sp³-hybridized carbons (Fsp3) is 0.625. The summed E-state index contributed by atoms with van der Waals surface area (Å²) in [6, 6.07) is 9.06. The van der Waals surface area contributed by atoms with Crippen molar-refractivity contribution in [1.82, 2.24) is 0 Å². The summed E-state index contributed by atoms with van der Waals surface area (Å²) in [4.78, 5) is 0.728. The SMILES string of the molecule is CCC1CCC(Br)C(Cc2ccc(C)cc2)C1. The van der Waals surface area contributed by atoms with Gasteiger partial charge in [0, 0.05) is 4.83 Å². The standard InChI is InChI=1S/C16H23Br/c1-3-13-8-9-16(17)15(10-13)11-14-6-4-12(2)5-7-14/h4-7,13,15-16H,3,8-11H2,1-2H3. The van der Waals surface area contributed by atoms with E-state index in [1.807, 2.05) is 0 Å². The van der Waals surface area contributed by atoms with Gasteiger partial charge in [0.15, 0.2) is 0 Å². The predicted octanol–water partition coefficient (Wildman–Crippen LogP) is 5.13. The number of alkyl halides is 1. The highest BCUT2D eigenvalue weighted by Gasteiger charge is 2.27. The van der Waals surface area contributed by atoms with Gasteiger partial charge in [-0.05, 0) is 50.0 Å². The summed E-state index contributed by atoms with van der Waals surface area (Å²) < 4.78 is 0. The van der Waals surface area contributed by atoms with Gasteiger partial charge in [0.05, 0.1) is 0 Å². The zero-order valence-electron chi connectivity index (χ0n) is 11.0. The van der Waals surface area contributed by atoms with Crippen LogP contribution in [0.3, 0.4) is 0 Å². The molecule has 3 unspecified atom stereocenters. The first kappa shape index (κ1) is 13.1. The van der Waals surface area contributed by atoms with Crippen LogP contribution < -0.4 is 0 Å². The molecule has 0 nitrogen and oxygen atoms in total. The molecule has 0 saturated heterocycles. The second-order valence-corrected chi connectivity index (χ2v) is 6.73. The predicted molar refractivity (Wildman–Crippen MR) is 78.7 cm³/mol. The monoisotopic (exact) mass is 294 g/mol. The molecule has 0 heterocycles. The van der Waals surface area contributed by atoms with Gasteiger partial charge in [0.25, 0.3) is 0 Å². The average molecular weight is 295 g/mol. The van der Waals surface area contributed by atoms with Crippen LogP contribution in [0, 0.1) is 18.8 Å². The quantitative estimate of drug-likeness (QED) is 0.678. The Balaban J connectivity index is 1.98. The number of aryl methyl sites for hydroxylation is 1. The van der Waals surface area contributed by atoms with Gasteiger partial charge in [-0.3, -0.25) is 0 Å². The maximum absolute atomic E-state index is 3.88. The molecule has 1 heteroatoms. The van der Waals surface area contributed by atoms with Crippen LogP contribution in [0.5, 0.6) is 0 Å². The van der Waals surface area contributed by atoms with E-state index in [4.69, 9.17) is 0 Å². The van der Waals surface area contributed by atoms with E-state index in [0.717, 1.165) is 16.7 Å². The summed E-state index contributed by atoms with van der Waals surface area (Å²) in [5.74, 6) is 1.79. The first-order chi connectivity index (χ1) is 8.19. The van der Waals surface area contributed by atoms with Crippen molar-refractivity contribution in [2.75, 3.05) is 0 Å². The van der Waals surface area contributed by atoms with Gasteiger partial charge in [0.1, 0.15) is 0 Å². The minimum atomic E-state index is 0.728. The van der Waals surface area contributed by atoms with Gasteiger partial charge in [-0.2, -0.15) is 0 Å². The molecule has 0 aromatic heterocycles. The molecule has 0 spiro atoms. The summed E-state index contributed by atoms with van der Waals surface area (Å²) in [6.07, 6.45) is 6.77. The smallest absolute Gasteiger partial charge is 0.0177 e. The number of hydrogen-bond donors (Lipinski definition) is 0. The summed E-state index contributed by atoms with van der Waals surface area (Å²) in [5, 5.41) is 0. The molecular weight excluding hydrogens is 272 g/mol. The van der Waals surface area contributed by atoms with Crippen LogP contribution in [0.4, 0.5) is 0 Å². The summed E-state index contributed by atoms with van der Waals surface area (Å²) >= 11 is 3.88. The molecule has 0 amide bonds. The Hall–Kier alpha value is -0.300. The summed E-state index contributed by atoms with van der Waals surface area (Å²) in [5.41, 5.74) is 2.86. The molecule has 1 aromatic carbocycles. The lowest BCUT2D eigenvalue weighted by molar-refractivity contribution is 0.271. The number of halogens is 1. The zero-order chi connectivity index (χ0) is 12.3. The third-order valence-corrected chi connectivity index (χ3v) is 5.40. The normalized spacial score (nSPS) is 29.2. The second-order valence-electron chi connectivity index (χ2n) is 5.55. The Morgan fingerprint density at radius 3 is 2.53 bits per heavy atom. The van der Waals surface area contributed by atoms with E-state index in [1.165, 1.54) is 43.2 Å². The van der Waals surface area contributed by atoms with Crippen LogP contribution >= 0.6 is 15.9 Å². The molecule has 1 aliphatic carbocycles. The molecular formula is C16H23Br. The van der Waals surface area contributed by atoms with Gasteiger partial charge >= 0.3 is 0 Å². The summed E-state index contributed by atoms with van der Waals surface area (Å²) in [7, 11) is 0. The maximum Gasteiger partial charge on any atom is 0.0177 e. The zero-order valence-corrected chi connectivity index (χ0v) is 12.5. The minimum absolute atomic E-state index is 0.728. The number of hydrogen-bond acceptors (Lipinski definition) is 0. The Morgan fingerprint density at radius 1 is 1.18 bits per heavy atom. The third kappa shape index (κ3) is 3.58. The van der Waals surface area contributed by atoms with E-state index in [9.17, 15) is 0 Å². The highest BCUT2D eigenvalue weighted by Crippen LogP contribution is 2.37. The van der Waals surface area contributed by atoms with Crippen molar-refractivity contribution < 1.29 is 0 Å². The van der Waals surface area contributed by atoms with Crippen molar-refractivity contribution in [2.24, 2.45) is 11.8 Å². The van der Waals surface area contributed by atoms with Crippen LogP contribution in [-0.4, -0.2) is 4.83 Å². The Kier molecular flexibility index (Phi) is 4.67. The van der Waals surface area contributed by atoms with E-state index < -0.39 is 0 Å². The molecule has 0 bridgehead atoms. The van der Waals surface area contributed by atoms with Crippen molar-refractivity contribution in [3.63, 3.8) is 0 Å². The van der Waals surface area contributed by atoms with E-state index in [0.29, 0.717) is 0 Å². The number of benzene rings is 1. The highest BCUT2D eigenvalue weighted by atomic mass is 79.9. The third-order valence-electron chi connectivity index (χ3n) is 4.19. The van der Waals surface area contributed by atoms with E-state index in [-0.39, 0.29) is 0 Å². The van der Waals surface area contributed by atoms with Crippen molar-refractivity contribution in [2.45, 2.75) is 50.8 Å². The molecule has 1 fully saturated rings. The molecule has 0 N–H and O–H groups in total. The highest BCUT2D eigenvalue weighted by molar-refractivity contribution is 9.09. The van der Waals surface area contributed by atoms with Gasteiger partial charge < -0.3 is 0 Å². The molecule has 0 radical (unpaired) electrons. The number of rotatable bonds is 3. The Morgan fingerprint density at radius 2 is 1.88 bits per heavy atom. The van der Waals surface area contributed by atoms with Crippen molar-refractivity contribution in [1.29, 1.82) is 0 Å². The first-order valence-corrected chi connectivity index (χ1v) is 7.80. The van der Waals surface area contributed by atoms with Gasteiger partial charge in [-0.15, -0.1) is 0 Å². The van der Waals surface area contributed by atoms with Crippen molar-refractivity contribution in [3.8, 4) is 0 Å². The van der Waals surface area contributed by atoms with Crippen LogP contribution in [0.15, 0.2) is 24.3 Å². The first-order valence-electron chi connectivity index (χ1n) is 6.88. The lowest BCUT2D eigenvalue weighted by Crippen LogP contribution is -2.26. The molecule has 2 rings (SSSR count). The van der Waals surface area contributed by atoms with E-state index in [2.05, 4.69) is 54.0 Å². The molecule has 1 saturated carbocycles. The molecule has 94 valence electrons. The van der Waals surface area contributed by atoms with E-state index in [1.54, 1.807) is 0 Å². The minimum Gasteiger partial charge on any atom is -0.0888 e. The van der Waals surface area contributed by atoms with E-state index >= 15 is 0 Å². The lowest BCUT2D eigenvalue weighted by atomic mass is 9.77. The van der Waals surface area contributed by atoms with Gasteiger partial charge in [0.2, 0.25) is 0 Å². The Bertz CT molecular complexity index is 341. The van der Waals surface area contributed by atoms with Crippen LogP contribution in [0.2, 0.25) is 0 Å². The largest absolute Gasteiger partial charge is 0.0888 e. The molecule has 0 aliphatic heterocycles. The van der Waals surface area contributed by atoms with Gasteiger partial charge in [-0.25, -0.2) is 0 Å². The fourth-order valence-electron chi connectivity index (χ4n) is 2.93. The van der Waals surface area contributed by atoms with Crippen LogP contribution in [-0.2, 0) is 6.42 Å². The van der Waals surface area contributed by atoms with Crippen LogP contribution in [0.25, 0.3) is 0 Å². The van der Waals surface area contributed by atoms with Crippen molar-refractivity contribution in [3.05, 3.63) is 35.4 Å². The fourth-order valence-corrected chi connectivity index (χ4v) is 3.60. The molecule has 17 heavy (non-hydrogen) atoms. The maximum atomic E-state index is 3.88. The Labute approximate surface area is 114 Å². The molecule has 1 aromatic rings. The summed E-state index contributed by atoms with van der Waals surface area (Å²) in [6.45, 7) is 4.49. The van der Waals surface area contributed by atoms with Crippen molar-refractivity contribution >= 4 is 15.9 Å². The molecule has 1 aliphatic rings. The van der Waals surface area contributed by atoms with Crippen LogP contribution in [0.1, 0.15) is 43.7 Å². The second kappa shape index (κ2) is 6.04. The average Bonchev–Trinajstić information content (AvgIpc) is 2.35.